The zero-order valence-electron chi connectivity index (χ0n) is 12.5. The van der Waals surface area contributed by atoms with E-state index in [1.54, 1.807) is 6.20 Å². The van der Waals surface area contributed by atoms with Gasteiger partial charge in [-0.05, 0) is 13.0 Å². The summed E-state index contributed by atoms with van der Waals surface area (Å²) in [6, 6.07) is 0. The van der Waals surface area contributed by atoms with Gasteiger partial charge in [0.15, 0.2) is 0 Å². The summed E-state index contributed by atoms with van der Waals surface area (Å²) >= 11 is 0. The van der Waals surface area contributed by atoms with E-state index in [-0.39, 0.29) is 5.97 Å². The Morgan fingerprint density at radius 1 is 1.25 bits per heavy atom. The normalized spacial score (nSPS) is 10.7. The molecule has 1 heterocycles. The van der Waals surface area contributed by atoms with Crippen molar-refractivity contribution < 1.29 is 9.63 Å². The Labute approximate surface area is 121 Å². The van der Waals surface area contributed by atoms with Crippen molar-refractivity contribution in [1.82, 2.24) is 9.71 Å². The zero-order valence-corrected chi connectivity index (χ0v) is 12.5. The fourth-order valence-electron chi connectivity index (χ4n) is 2.06. The third-order valence-corrected chi connectivity index (χ3v) is 3.21. The van der Waals surface area contributed by atoms with E-state index in [1.165, 1.54) is 43.2 Å². The van der Waals surface area contributed by atoms with Crippen LogP contribution in [0.1, 0.15) is 64.0 Å². The van der Waals surface area contributed by atoms with Crippen LogP contribution in [0.25, 0.3) is 0 Å². The van der Waals surface area contributed by atoms with Crippen LogP contribution in [0.2, 0.25) is 0 Å². The van der Waals surface area contributed by atoms with Gasteiger partial charge in [-0.1, -0.05) is 45.4 Å². The van der Waals surface area contributed by atoms with Crippen molar-refractivity contribution in [3.8, 4) is 0 Å². The highest BCUT2D eigenvalue weighted by Gasteiger charge is 2.05. The average molecular weight is 281 g/mol. The number of hydrogen-bond donors (Lipinski definition) is 1. The maximum Gasteiger partial charge on any atom is 0.332 e. The van der Waals surface area contributed by atoms with Crippen LogP contribution in [-0.4, -0.2) is 22.2 Å². The van der Waals surface area contributed by atoms with Crippen LogP contribution in [0, 0.1) is 0 Å². The molecule has 0 fully saturated rings. The number of carbonyl (C=O) groups is 1. The topological polar surface area (TPSA) is 70.1 Å². The highest BCUT2D eigenvalue weighted by atomic mass is 16.7. The van der Waals surface area contributed by atoms with Gasteiger partial charge in [-0.25, -0.2) is 9.78 Å². The molecular weight excluding hydrogens is 254 g/mol. The molecule has 0 spiro atoms. The Bertz CT molecular complexity index is 377. The molecule has 0 aliphatic carbocycles. The van der Waals surface area contributed by atoms with Crippen molar-refractivity contribution in [3.63, 3.8) is 0 Å². The van der Waals surface area contributed by atoms with E-state index >= 15 is 0 Å². The number of imidazole rings is 1. The van der Waals surface area contributed by atoms with Gasteiger partial charge >= 0.3 is 5.97 Å². The van der Waals surface area contributed by atoms with E-state index in [9.17, 15) is 4.79 Å². The summed E-state index contributed by atoms with van der Waals surface area (Å²) in [6.07, 6.45) is 12.7. The SMILES string of the molecule is CCCCCCCCCC(=O)On1cnc(CCN)c1. The lowest BCUT2D eigenvalue weighted by atomic mass is 10.1. The molecule has 0 saturated heterocycles. The first-order valence-electron chi connectivity index (χ1n) is 7.70. The van der Waals surface area contributed by atoms with Crippen LogP contribution in [0.15, 0.2) is 12.5 Å². The summed E-state index contributed by atoms with van der Waals surface area (Å²) in [6.45, 7) is 2.76. The monoisotopic (exact) mass is 281 g/mol. The number of nitrogens with zero attached hydrogens (tertiary/aromatic N) is 2. The summed E-state index contributed by atoms with van der Waals surface area (Å²) in [7, 11) is 0. The van der Waals surface area contributed by atoms with Crippen molar-refractivity contribution in [2.24, 2.45) is 5.73 Å². The van der Waals surface area contributed by atoms with Gasteiger partial charge in [-0.3, -0.25) is 0 Å². The van der Waals surface area contributed by atoms with E-state index in [4.69, 9.17) is 10.6 Å². The number of hydrogen-bond acceptors (Lipinski definition) is 4. The Morgan fingerprint density at radius 3 is 2.65 bits per heavy atom. The molecule has 114 valence electrons. The molecule has 2 N–H and O–H groups in total. The Kier molecular flexibility index (Phi) is 8.71. The van der Waals surface area contributed by atoms with Gasteiger partial charge in [0, 0.05) is 12.8 Å². The van der Waals surface area contributed by atoms with Crippen molar-refractivity contribution in [1.29, 1.82) is 0 Å². The molecule has 5 nitrogen and oxygen atoms in total. The highest BCUT2D eigenvalue weighted by Crippen LogP contribution is 2.08. The zero-order chi connectivity index (χ0) is 14.6. The molecule has 1 aromatic rings. The molecule has 0 unspecified atom stereocenters. The fraction of sp³-hybridized carbons (Fsp3) is 0.733. The molecule has 0 amide bonds. The van der Waals surface area contributed by atoms with Crippen LogP contribution in [-0.2, 0) is 11.2 Å². The van der Waals surface area contributed by atoms with Gasteiger partial charge in [-0.15, -0.1) is 0 Å². The molecule has 0 atom stereocenters. The van der Waals surface area contributed by atoms with Crippen molar-refractivity contribution >= 4 is 5.97 Å². The number of aromatic nitrogens is 2. The minimum atomic E-state index is -0.199. The third-order valence-electron chi connectivity index (χ3n) is 3.21. The minimum absolute atomic E-state index is 0.199. The van der Waals surface area contributed by atoms with Gasteiger partial charge < -0.3 is 10.6 Å². The van der Waals surface area contributed by atoms with Gasteiger partial charge in [0.2, 0.25) is 0 Å². The summed E-state index contributed by atoms with van der Waals surface area (Å²) in [4.78, 5) is 20.9. The number of carbonyl (C=O) groups excluding carboxylic acids is 1. The van der Waals surface area contributed by atoms with Crippen LogP contribution in [0.5, 0.6) is 0 Å². The number of unbranched alkanes of at least 4 members (excludes halogenated alkanes) is 6. The first-order chi connectivity index (χ1) is 9.76. The molecule has 0 saturated carbocycles. The maximum absolute atomic E-state index is 11.6. The smallest absolute Gasteiger partial charge is 0.332 e. The average Bonchev–Trinajstić information content (AvgIpc) is 2.85. The molecule has 1 rings (SSSR count). The Morgan fingerprint density at radius 2 is 1.95 bits per heavy atom. The number of nitrogens with two attached hydrogens (primary N) is 1. The number of rotatable bonds is 11. The molecule has 0 aromatic carbocycles. The van der Waals surface area contributed by atoms with Crippen LogP contribution < -0.4 is 10.6 Å². The van der Waals surface area contributed by atoms with E-state index < -0.39 is 0 Å². The summed E-state index contributed by atoms with van der Waals surface area (Å²) in [5.74, 6) is -0.199. The van der Waals surface area contributed by atoms with Crippen LogP contribution in [0.4, 0.5) is 0 Å². The summed E-state index contributed by atoms with van der Waals surface area (Å²) < 4.78 is 1.37. The predicted octanol–water partition coefficient (Wildman–Crippen LogP) is 2.48. The predicted molar refractivity (Wildman–Crippen MR) is 79.2 cm³/mol. The van der Waals surface area contributed by atoms with Gasteiger partial charge in [0.25, 0.3) is 0 Å². The van der Waals surface area contributed by atoms with Gasteiger partial charge in [0.05, 0.1) is 11.9 Å². The maximum atomic E-state index is 11.6. The van der Waals surface area contributed by atoms with E-state index in [2.05, 4.69) is 11.9 Å². The molecule has 0 aliphatic rings. The molecule has 0 aliphatic heterocycles. The van der Waals surface area contributed by atoms with Gasteiger partial charge in [0.1, 0.15) is 6.33 Å². The first kappa shape index (κ1) is 16.7. The molecular formula is C15H27N3O2. The fourth-order valence-corrected chi connectivity index (χ4v) is 2.06. The van der Waals surface area contributed by atoms with E-state index in [0.29, 0.717) is 19.4 Å². The van der Waals surface area contributed by atoms with Gasteiger partial charge in [-0.2, -0.15) is 4.73 Å². The summed E-state index contributed by atoms with van der Waals surface area (Å²) in [5, 5.41) is 0. The second-order valence-corrected chi connectivity index (χ2v) is 5.10. The first-order valence-corrected chi connectivity index (χ1v) is 7.70. The van der Waals surface area contributed by atoms with Crippen LogP contribution >= 0.6 is 0 Å². The third kappa shape index (κ3) is 7.28. The molecule has 0 radical (unpaired) electrons. The lowest BCUT2D eigenvalue weighted by Gasteiger charge is -2.03. The highest BCUT2D eigenvalue weighted by molar-refractivity contribution is 5.69. The van der Waals surface area contributed by atoms with E-state index in [1.807, 2.05) is 0 Å². The lowest BCUT2D eigenvalue weighted by molar-refractivity contribution is -0.144. The van der Waals surface area contributed by atoms with Crippen molar-refractivity contribution in [3.05, 3.63) is 18.2 Å². The Balaban J connectivity index is 2.07. The van der Waals surface area contributed by atoms with Crippen LogP contribution in [0.3, 0.4) is 0 Å². The van der Waals surface area contributed by atoms with E-state index in [0.717, 1.165) is 18.5 Å². The standard InChI is InChI=1S/C15H27N3O2/c1-2-3-4-5-6-7-8-9-15(19)20-18-12-14(10-11-16)17-13-18/h12-13H,2-11,16H2,1H3. The minimum Gasteiger partial charge on any atom is -0.336 e. The second-order valence-electron chi connectivity index (χ2n) is 5.10. The van der Waals surface area contributed by atoms with Crippen molar-refractivity contribution in [2.75, 3.05) is 6.54 Å². The largest absolute Gasteiger partial charge is 0.336 e. The quantitative estimate of drug-likeness (QED) is 0.633. The molecule has 20 heavy (non-hydrogen) atoms. The van der Waals surface area contributed by atoms with Crippen molar-refractivity contribution in [2.45, 2.75) is 64.7 Å². The molecule has 5 heteroatoms. The lowest BCUT2D eigenvalue weighted by Crippen LogP contribution is -2.18. The summed E-state index contributed by atoms with van der Waals surface area (Å²) in [5.41, 5.74) is 6.28. The molecule has 0 bridgehead atoms. The molecule has 1 aromatic heterocycles. The Hall–Kier alpha value is -1.36. The second kappa shape index (κ2) is 10.4.